The van der Waals surface area contributed by atoms with Crippen molar-refractivity contribution >= 4 is 50.7 Å². The maximum absolute atomic E-state index is 13.5. The Labute approximate surface area is 217 Å². The minimum absolute atomic E-state index is 0.122. The summed E-state index contributed by atoms with van der Waals surface area (Å²) in [6.07, 6.45) is 2.64. The molecule has 0 fully saturated rings. The van der Waals surface area contributed by atoms with Gasteiger partial charge in [-0.3, -0.25) is 19.7 Å². The van der Waals surface area contributed by atoms with Crippen LogP contribution in [0.2, 0.25) is 0 Å². The Kier molecular flexibility index (Phi) is 6.41. The molecule has 0 saturated heterocycles. The molecule has 3 heterocycles. The van der Waals surface area contributed by atoms with E-state index in [2.05, 4.69) is 32.3 Å². The molecular formula is C25H16FN7O4S. The number of rotatable bonds is 7. The van der Waals surface area contributed by atoms with Gasteiger partial charge in [0.1, 0.15) is 11.6 Å². The van der Waals surface area contributed by atoms with Crippen LogP contribution in [-0.4, -0.2) is 36.5 Å². The fourth-order valence-electron chi connectivity index (χ4n) is 3.52. The number of benzene rings is 2. The standard InChI is InChI=1S/C25H16FN7O4S/c1-2-20(34)28-16-7-9-17(10-8-16)32-24-18(13-27-32)23(29-22(30-24)14-3-5-15(26)6-4-14)31-25(35)19-11-12-21(38-19)33(36)37/h2-13H,1H2,(H,28,34)(H,29,30,31,35). The lowest BCUT2D eigenvalue weighted by Gasteiger charge is -2.09. The van der Waals surface area contributed by atoms with Crippen LogP contribution in [-0.2, 0) is 4.79 Å². The molecule has 2 aromatic carbocycles. The van der Waals surface area contributed by atoms with Crippen molar-refractivity contribution in [3.05, 3.63) is 100 Å². The van der Waals surface area contributed by atoms with Crippen LogP contribution < -0.4 is 10.6 Å². The van der Waals surface area contributed by atoms with Gasteiger partial charge in [0.05, 0.1) is 27.1 Å². The number of amides is 2. The summed E-state index contributed by atoms with van der Waals surface area (Å²) in [5.41, 5.74) is 1.99. The first-order valence-corrected chi connectivity index (χ1v) is 11.7. The number of hydrogen-bond donors (Lipinski definition) is 2. The van der Waals surface area contributed by atoms with Crippen molar-refractivity contribution in [1.29, 1.82) is 0 Å². The van der Waals surface area contributed by atoms with Crippen LogP contribution in [0.1, 0.15) is 9.67 Å². The molecule has 5 aromatic rings. The van der Waals surface area contributed by atoms with Crippen LogP contribution in [0.15, 0.2) is 79.5 Å². The zero-order valence-electron chi connectivity index (χ0n) is 19.3. The van der Waals surface area contributed by atoms with Crippen molar-refractivity contribution in [3.63, 3.8) is 0 Å². The SMILES string of the molecule is C=CC(=O)Nc1ccc(-n2ncc3c(NC(=O)c4ccc([N+](=O)[O-])s4)nc(-c4ccc(F)cc4)nc32)cc1. The summed E-state index contributed by atoms with van der Waals surface area (Å²) in [7, 11) is 0. The quantitative estimate of drug-likeness (QED) is 0.172. The maximum Gasteiger partial charge on any atom is 0.324 e. The predicted octanol–water partition coefficient (Wildman–Crippen LogP) is 4.97. The number of thiophene rings is 1. The van der Waals surface area contributed by atoms with E-state index in [1.54, 1.807) is 24.3 Å². The van der Waals surface area contributed by atoms with Crippen LogP contribution >= 0.6 is 11.3 Å². The summed E-state index contributed by atoms with van der Waals surface area (Å²) < 4.78 is 15.1. The Morgan fingerprint density at radius 1 is 1.03 bits per heavy atom. The van der Waals surface area contributed by atoms with E-state index in [0.29, 0.717) is 28.0 Å². The van der Waals surface area contributed by atoms with E-state index < -0.39 is 16.6 Å². The van der Waals surface area contributed by atoms with Crippen molar-refractivity contribution in [1.82, 2.24) is 19.7 Å². The molecule has 0 bridgehead atoms. The molecule has 0 aliphatic heterocycles. The van der Waals surface area contributed by atoms with Gasteiger partial charge in [-0.15, -0.1) is 0 Å². The molecule has 11 nitrogen and oxygen atoms in total. The Bertz CT molecular complexity index is 1710. The van der Waals surface area contributed by atoms with E-state index in [0.717, 1.165) is 17.4 Å². The summed E-state index contributed by atoms with van der Waals surface area (Å²) in [6, 6.07) is 14.9. The van der Waals surface area contributed by atoms with Gasteiger partial charge in [0.2, 0.25) is 5.91 Å². The highest BCUT2D eigenvalue weighted by molar-refractivity contribution is 7.17. The zero-order chi connectivity index (χ0) is 26.8. The monoisotopic (exact) mass is 529 g/mol. The molecule has 0 atom stereocenters. The Morgan fingerprint density at radius 3 is 2.42 bits per heavy atom. The molecule has 5 rings (SSSR count). The lowest BCUT2D eigenvalue weighted by Crippen LogP contribution is -2.12. The number of nitro groups is 1. The first kappa shape index (κ1) is 24.4. The second-order valence-electron chi connectivity index (χ2n) is 7.79. The van der Waals surface area contributed by atoms with Gasteiger partial charge in [0.25, 0.3) is 5.91 Å². The third kappa shape index (κ3) is 4.85. The van der Waals surface area contributed by atoms with Gasteiger partial charge >= 0.3 is 5.00 Å². The van der Waals surface area contributed by atoms with Crippen LogP contribution in [0.25, 0.3) is 28.1 Å². The second kappa shape index (κ2) is 9.99. The number of nitrogens with one attached hydrogen (secondary N) is 2. The average Bonchev–Trinajstić information content (AvgIpc) is 3.58. The Hall–Kier alpha value is -5.30. The minimum Gasteiger partial charge on any atom is -0.323 e. The highest BCUT2D eigenvalue weighted by Crippen LogP contribution is 2.29. The van der Waals surface area contributed by atoms with E-state index in [9.17, 15) is 24.1 Å². The third-order valence-corrected chi connectivity index (χ3v) is 6.36. The maximum atomic E-state index is 13.5. The first-order chi connectivity index (χ1) is 18.3. The number of carbonyl (C=O) groups is 2. The Balaban J connectivity index is 1.58. The smallest absolute Gasteiger partial charge is 0.323 e. The van der Waals surface area contributed by atoms with Gasteiger partial charge in [-0.1, -0.05) is 17.9 Å². The topological polar surface area (TPSA) is 145 Å². The summed E-state index contributed by atoms with van der Waals surface area (Å²) in [5.74, 6) is -1.06. The molecule has 2 N–H and O–H groups in total. The highest BCUT2D eigenvalue weighted by atomic mass is 32.1. The largest absolute Gasteiger partial charge is 0.324 e. The molecular weight excluding hydrogens is 513 g/mol. The lowest BCUT2D eigenvalue weighted by atomic mass is 10.2. The molecule has 0 spiro atoms. The van der Waals surface area contributed by atoms with Gasteiger partial charge in [-0.2, -0.15) is 5.10 Å². The van der Waals surface area contributed by atoms with Crippen molar-refractivity contribution in [2.45, 2.75) is 0 Å². The van der Waals surface area contributed by atoms with E-state index in [-0.39, 0.29) is 27.4 Å². The minimum atomic E-state index is -0.594. The average molecular weight is 530 g/mol. The first-order valence-electron chi connectivity index (χ1n) is 10.9. The van der Waals surface area contributed by atoms with E-state index in [1.807, 2.05) is 0 Å². The van der Waals surface area contributed by atoms with Crippen LogP contribution in [0.4, 0.5) is 20.9 Å². The number of aromatic nitrogens is 4. The van der Waals surface area contributed by atoms with Gasteiger partial charge in [0.15, 0.2) is 11.5 Å². The van der Waals surface area contributed by atoms with Crippen molar-refractivity contribution in [2.24, 2.45) is 0 Å². The molecule has 0 aliphatic rings. The van der Waals surface area contributed by atoms with Crippen molar-refractivity contribution in [2.75, 3.05) is 10.6 Å². The number of anilines is 2. The third-order valence-electron chi connectivity index (χ3n) is 5.32. The van der Waals surface area contributed by atoms with Gasteiger partial charge < -0.3 is 10.6 Å². The fraction of sp³-hybridized carbons (Fsp3) is 0. The van der Waals surface area contributed by atoms with Gasteiger partial charge in [-0.05, 0) is 60.7 Å². The zero-order valence-corrected chi connectivity index (χ0v) is 20.1. The molecule has 188 valence electrons. The summed E-state index contributed by atoms with van der Waals surface area (Å²) in [6.45, 7) is 3.42. The number of halogens is 1. The lowest BCUT2D eigenvalue weighted by molar-refractivity contribution is -0.380. The highest BCUT2D eigenvalue weighted by Gasteiger charge is 2.20. The number of hydrogen-bond acceptors (Lipinski definition) is 8. The molecule has 0 aliphatic carbocycles. The van der Waals surface area contributed by atoms with E-state index in [4.69, 9.17) is 0 Å². The van der Waals surface area contributed by atoms with Crippen LogP contribution in [0.5, 0.6) is 0 Å². The fourth-order valence-corrected chi connectivity index (χ4v) is 4.23. The van der Waals surface area contributed by atoms with Crippen molar-refractivity contribution in [3.8, 4) is 17.1 Å². The molecule has 13 heteroatoms. The van der Waals surface area contributed by atoms with Gasteiger partial charge in [-0.25, -0.2) is 19.0 Å². The number of fused-ring (bicyclic) bond motifs is 1. The van der Waals surface area contributed by atoms with E-state index in [1.165, 1.54) is 47.3 Å². The molecule has 3 aromatic heterocycles. The van der Waals surface area contributed by atoms with Crippen LogP contribution in [0.3, 0.4) is 0 Å². The van der Waals surface area contributed by atoms with Crippen molar-refractivity contribution < 1.29 is 18.9 Å². The number of carbonyl (C=O) groups excluding carboxylic acids is 2. The molecule has 0 unspecified atom stereocenters. The van der Waals surface area contributed by atoms with E-state index >= 15 is 0 Å². The molecule has 38 heavy (non-hydrogen) atoms. The normalized spacial score (nSPS) is 10.8. The summed E-state index contributed by atoms with van der Waals surface area (Å²) >= 11 is 0.732. The summed E-state index contributed by atoms with van der Waals surface area (Å²) in [4.78, 5) is 44.1. The molecule has 0 radical (unpaired) electrons. The van der Waals surface area contributed by atoms with Crippen LogP contribution in [0, 0.1) is 15.9 Å². The number of nitrogens with zero attached hydrogens (tertiary/aromatic N) is 5. The summed E-state index contributed by atoms with van der Waals surface area (Å²) in [5, 5.41) is 21.0. The van der Waals surface area contributed by atoms with Gasteiger partial charge in [0, 0.05) is 17.3 Å². The second-order valence-corrected chi connectivity index (χ2v) is 8.85. The Morgan fingerprint density at radius 2 is 1.76 bits per heavy atom. The molecule has 2 amide bonds. The predicted molar refractivity (Wildman–Crippen MR) is 140 cm³/mol. The molecule has 0 saturated carbocycles.